The van der Waals surface area contributed by atoms with Crippen LogP contribution in [0.15, 0.2) is 34.2 Å². The number of piperidine rings is 1. The summed E-state index contributed by atoms with van der Waals surface area (Å²) in [6.07, 6.45) is 5.88. The molecule has 0 saturated carbocycles. The zero-order valence-electron chi connectivity index (χ0n) is 19.7. The molecule has 1 amide bonds. The second-order valence-electron chi connectivity index (χ2n) is 9.83. The van der Waals surface area contributed by atoms with Gasteiger partial charge in [-0.1, -0.05) is 11.8 Å². The lowest BCUT2D eigenvalue weighted by molar-refractivity contribution is 0.0188. The standard InChI is InChI=1S/C25H33FN4O2S/c1-25(2,3)32-24(31)30-14-12-17(13-15-30)16-27-23-28-21-7-5-4-6-20(21)22(29-23)33-19-10-8-18(26)9-11-19/h8-11,17H,4-7,12-16H2,1-3H3,(H,27,28,29). The monoisotopic (exact) mass is 472 g/mol. The number of halogens is 1. The van der Waals surface area contributed by atoms with Gasteiger partial charge in [0.25, 0.3) is 0 Å². The summed E-state index contributed by atoms with van der Waals surface area (Å²) in [4.78, 5) is 24.7. The Balaban J connectivity index is 1.37. The van der Waals surface area contributed by atoms with E-state index in [0.717, 1.165) is 60.7 Å². The van der Waals surface area contributed by atoms with E-state index in [-0.39, 0.29) is 11.9 Å². The lowest BCUT2D eigenvalue weighted by Crippen LogP contribution is -2.42. The number of likely N-dealkylation sites (tertiary alicyclic amines) is 1. The summed E-state index contributed by atoms with van der Waals surface area (Å²) in [6, 6.07) is 6.56. The van der Waals surface area contributed by atoms with Crippen molar-refractivity contribution in [2.24, 2.45) is 5.92 Å². The molecule has 2 heterocycles. The van der Waals surface area contributed by atoms with Crippen LogP contribution in [0.2, 0.25) is 0 Å². The summed E-state index contributed by atoms with van der Waals surface area (Å²) in [5.74, 6) is 0.885. The first-order valence-corrected chi connectivity index (χ1v) is 12.6. The van der Waals surface area contributed by atoms with Crippen LogP contribution in [0.5, 0.6) is 0 Å². The number of carbonyl (C=O) groups excluding carboxylic acids is 1. The zero-order valence-corrected chi connectivity index (χ0v) is 20.5. The predicted molar refractivity (Wildman–Crippen MR) is 128 cm³/mol. The van der Waals surface area contributed by atoms with Crippen LogP contribution in [0.25, 0.3) is 0 Å². The summed E-state index contributed by atoms with van der Waals surface area (Å²) >= 11 is 1.58. The Labute approximate surface area is 199 Å². The number of nitrogens with zero attached hydrogens (tertiary/aromatic N) is 3. The van der Waals surface area contributed by atoms with E-state index in [1.165, 1.54) is 17.7 Å². The van der Waals surface area contributed by atoms with Crippen molar-refractivity contribution in [3.8, 4) is 0 Å². The van der Waals surface area contributed by atoms with E-state index in [9.17, 15) is 9.18 Å². The number of amides is 1. The first-order chi connectivity index (χ1) is 15.8. The third kappa shape index (κ3) is 6.59. The van der Waals surface area contributed by atoms with Crippen LogP contribution in [0.3, 0.4) is 0 Å². The molecule has 0 bridgehead atoms. The number of rotatable bonds is 5. The van der Waals surface area contributed by atoms with Crippen LogP contribution in [-0.2, 0) is 17.6 Å². The topological polar surface area (TPSA) is 67.3 Å². The Kier molecular flexibility index (Phi) is 7.41. The molecule has 4 rings (SSSR count). The molecular weight excluding hydrogens is 439 g/mol. The number of hydrogen-bond donors (Lipinski definition) is 1. The van der Waals surface area contributed by atoms with Crippen molar-refractivity contribution in [3.05, 3.63) is 41.3 Å². The van der Waals surface area contributed by atoms with Crippen LogP contribution in [-0.4, -0.2) is 46.2 Å². The molecule has 2 aliphatic rings. The van der Waals surface area contributed by atoms with Crippen LogP contribution >= 0.6 is 11.8 Å². The van der Waals surface area contributed by atoms with Gasteiger partial charge in [-0.15, -0.1) is 0 Å². The fourth-order valence-electron chi connectivity index (χ4n) is 4.22. The zero-order chi connectivity index (χ0) is 23.4. The van der Waals surface area contributed by atoms with Crippen molar-refractivity contribution in [1.82, 2.24) is 14.9 Å². The molecule has 1 aromatic heterocycles. The number of fused-ring (bicyclic) bond motifs is 1. The number of anilines is 1. The van der Waals surface area contributed by atoms with E-state index in [2.05, 4.69) is 5.32 Å². The minimum absolute atomic E-state index is 0.227. The molecule has 33 heavy (non-hydrogen) atoms. The summed E-state index contributed by atoms with van der Waals surface area (Å²) in [7, 11) is 0. The molecule has 0 unspecified atom stereocenters. The number of ether oxygens (including phenoxy) is 1. The van der Waals surface area contributed by atoms with Crippen molar-refractivity contribution in [2.45, 2.75) is 74.8 Å². The van der Waals surface area contributed by atoms with Crippen LogP contribution < -0.4 is 5.32 Å². The van der Waals surface area contributed by atoms with Gasteiger partial charge in [-0.3, -0.25) is 0 Å². The predicted octanol–water partition coefficient (Wildman–Crippen LogP) is 5.70. The Morgan fingerprint density at radius 2 is 1.85 bits per heavy atom. The van der Waals surface area contributed by atoms with Gasteiger partial charge in [-0.2, -0.15) is 0 Å². The first-order valence-electron chi connectivity index (χ1n) is 11.8. The molecule has 8 heteroatoms. The molecule has 1 fully saturated rings. The van der Waals surface area contributed by atoms with Crippen molar-refractivity contribution >= 4 is 23.8 Å². The third-order valence-corrected chi connectivity index (χ3v) is 7.03. The molecule has 6 nitrogen and oxygen atoms in total. The highest BCUT2D eigenvalue weighted by Gasteiger charge is 2.27. The van der Waals surface area contributed by atoms with Gasteiger partial charge in [-0.25, -0.2) is 19.2 Å². The van der Waals surface area contributed by atoms with Gasteiger partial charge in [-0.05, 0) is 89.5 Å². The van der Waals surface area contributed by atoms with E-state index in [0.29, 0.717) is 25.0 Å². The van der Waals surface area contributed by atoms with Gasteiger partial charge in [0.05, 0.1) is 5.69 Å². The maximum atomic E-state index is 13.3. The van der Waals surface area contributed by atoms with Gasteiger partial charge >= 0.3 is 6.09 Å². The summed E-state index contributed by atoms with van der Waals surface area (Å²) < 4.78 is 18.8. The van der Waals surface area contributed by atoms with Gasteiger partial charge in [0.2, 0.25) is 5.95 Å². The Hall–Kier alpha value is -2.35. The largest absolute Gasteiger partial charge is 0.444 e. The number of benzene rings is 1. The van der Waals surface area contributed by atoms with E-state index >= 15 is 0 Å². The SMILES string of the molecule is CC(C)(C)OC(=O)N1CCC(CNc2nc3c(c(Sc4ccc(F)cc4)n2)CCCC3)CC1. The van der Waals surface area contributed by atoms with Crippen molar-refractivity contribution in [3.63, 3.8) is 0 Å². The van der Waals surface area contributed by atoms with Gasteiger partial charge < -0.3 is 15.0 Å². The number of aryl methyl sites for hydroxylation is 1. The van der Waals surface area contributed by atoms with Gasteiger partial charge in [0.15, 0.2) is 0 Å². The summed E-state index contributed by atoms with van der Waals surface area (Å²) in [5, 5.41) is 4.42. The number of nitrogens with one attached hydrogen (secondary N) is 1. The van der Waals surface area contributed by atoms with Crippen molar-refractivity contribution < 1.29 is 13.9 Å². The maximum Gasteiger partial charge on any atom is 0.410 e. The van der Waals surface area contributed by atoms with Gasteiger partial charge in [0.1, 0.15) is 16.4 Å². The molecule has 1 aromatic carbocycles. The van der Waals surface area contributed by atoms with Crippen LogP contribution in [0.1, 0.15) is 57.7 Å². The summed E-state index contributed by atoms with van der Waals surface area (Å²) in [5.41, 5.74) is 1.89. The fourth-order valence-corrected chi connectivity index (χ4v) is 5.19. The highest BCUT2D eigenvalue weighted by atomic mass is 32.2. The van der Waals surface area contributed by atoms with Gasteiger partial charge in [0, 0.05) is 30.1 Å². The minimum Gasteiger partial charge on any atom is -0.444 e. The van der Waals surface area contributed by atoms with E-state index in [1.807, 2.05) is 20.8 Å². The summed E-state index contributed by atoms with van der Waals surface area (Å²) in [6.45, 7) is 7.87. The van der Waals surface area contributed by atoms with Crippen LogP contribution in [0.4, 0.5) is 15.1 Å². The smallest absolute Gasteiger partial charge is 0.410 e. The van der Waals surface area contributed by atoms with E-state index in [1.54, 1.807) is 28.8 Å². The molecule has 0 atom stereocenters. The molecule has 0 spiro atoms. The highest BCUT2D eigenvalue weighted by Crippen LogP contribution is 2.34. The Morgan fingerprint density at radius 1 is 1.15 bits per heavy atom. The Morgan fingerprint density at radius 3 is 2.55 bits per heavy atom. The third-order valence-electron chi connectivity index (χ3n) is 5.99. The second-order valence-corrected chi connectivity index (χ2v) is 10.9. The lowest BCUT2D eigenvalue weighted by atomic mass is 9.97. The van der Waals surface area contributed by atoms with Crippen molar-refractivity contribution in [1.29, 1.82) is 0 Å². The number of aromatic nitrogens is 2. The normalized spacial score (nSPS) is 16.9. The van der Waals surface area contributed by atoms with Crippen molar-refractivity contribution in [2.75, 3.05) is 25.0 Å². The minimum atomic E-state index is -0.469. The number of carbonyl (C=O) groups is 1. The fraction of sp³-hybridized carbons (Fsp3) is 0.560. The van der Waals surface area contributed by atoms with E-state index < -0.39 is 5.60 Å². The van der Waals surface area contributed by atoms with E-state index in [4.69, 9.17) is 14.7 Å². The molecule has 1 aliphatic carbocycles. The number of hydrogen-bond acceptors (Lipinski definition) is 6. The molecule has 0 radical (unpaired) electrons. The van der Waals surface area contributed by atoms with Crippen LogP contribution in [0, 0.1) is 11.7 Å². The molecule has 1 N–H and O–H groups in total. The molecule has 1 aliphatic heterocycles. The average Bonchev–Trinajstić information content (AvgIpc) is 2.78. The molecule has 178 valence electrons. The molecular formula is C25H33FN4O2S. The molecule has 2 aromatic rings. The quantitative estimate of drug-likeness (QED) is 0.563. The maximum absolute atomic E-state index is 13.3. The highest BCUT2D eigenvalue weighted by molar-refractivity contribution is 7.99. The average molecular weight is 473 g/mol. The first kappa shape index (κ1) is 23.8. The second kappa shape index (κ2) is 10.3. The Bertz CT molecular complexity index is 970. The lowest BCUT2D eigenvalue weighted by Gasteiger charge is -2.33. The molecule has 1 saturated heterocycles.